The van der Waals surface area contributed by atoms with Gasteiger partial charge in [0.05, 0.1) is 18.8 Å². The van der Waals surface area contributed by atoms with E-state index in [9.17, 15) is 12.8 Å². The molecule has 0 saturated carbocycles. The minimum absolute atomic E-state index is 0.0206. The fourth-order valence-corrected chi connectivity index (χ4v) is 4.88. The maximum Gasteiger partial charge on any atom is 0.336 e. The molecule has 0 unspecified atom stereocenters. The number of halogens is 1. The van der Waals surface area contributed by atoms with Crippen LogP contribution in [0.15, 0.2) is 0 Å². The summed E-state index contributed by atoms with van der Waals surface area (Å²) in [5, 5.41) is -0.0302. The summed E-state index contributed by atoms with van der Waals surface area (Å²) < 4.78 is 52.2. The summed E-state index contributed by atoms with van der Waals surface area (Å²) in [7, 11) is -6.07. The van der Waals surface area contributed by atoms with Gasteiger partial charge in [-0.25, -0.2) is 4.39 Å². The van der Waals surface area contributed by atoms with E-state index in [0.29, 0.717) is 12.8 Å². The van der Waals surface area contributed by atoms with E-state index in [1.165, 1.54) is 0 Å². The molecule has 0 aliphatic carbocycles. The Morgan fingerprint density at radius 3 is 2.50 bits per heavy atom. The molecule has 1 saturated heterocycles. The lowest BCUT2D eigenvalue weighted by Crippen LogP contribution is -2.54. The predicted molar refractivity (Wildman–Crippen MR) is 97.5 cm³/mol. The summed E-state index contributed by atoms with van der Waals surface area (Å²) in [5.41, 5.74) is 0. The summed E-state index contributed by atoms with van der Waals surface area (Å²) in [5.74, 6) is 0. The highest BCUT2D eigenvalue weighted by Gasteiger charge is 2.44. The van der Waals surface area contributed by atoms with Crippen LogP contribution in [0.3, 0.4) is 0 Å². The number of rotatable bonds is 7. The van der Waals surface area contributed by atoms with Gasteiger partial charge in [-0.05, 0) is 31.0 Å². The van der Waals surface area contributed by atoms with Crippen LogP contribution in [0.2, 0.25) is 18.1 Å². The number of nitrogens with one attached hydrogen (secondary N) is 1. The van der Waals surface area contributed by atoms with Crippen LogP contribution >= 0.6 is 0 Å². The van der Waals surface area contributed by atoms with Crippen LogP contribution < -0.4 is 4.72 Å². The fraction of sp³-hybridized carbons (Fsp3) is 1.00. The SMILES string of the molecule is CCCCC[C@@H](F)[C@@H]1NS(=O)(=O)OCC[C@@H]1O[Si](C)(C)C(C)(C)C. The van der Waals surface area contributed by atoms with Crippen molar-refractivity contribution in [3.8, 4) is 0 Å². The molecule has 24 heavy (non-hydrogen) atoms. The van der Waals surface area contributed by atoms with E-state index in [2.05, 4.69) is 45.5 Å². The molecule has 0 amide bonds. The standard InChI is InChI=1S/C16H34FNO4SSi/c1-7-8-9-10-13(17)15-14(11-12-21-23(19,20)18-15)22-24(5,6)16(2,3)4/h13-15,18H,7-12H2,1-6H3/t13-,14+,15+/m1/s1. The molecule has 0 aromatic carbocycles. The first-order chi connectivity index (χ1) is 10.9. The maximum absolute atomic E-state index is 14.8. The van der Waals surface area contributed by atoms with Gasteiger partial charge < -0.3 is 4.43 Å². The number of alkyl halides is 1. The van der Waals surface area contributed by atoms with Gasteiger partial charge in [0.25, 0.3) is 0 Å². The van der Waals surface area contributed by atoms with Gasteiger partial charge in [-0.15, -0.1) is 0 Å². The van der Waals surface area contributed by atoms with Crippen LogP contribution in [-0.4, -0.2) is 41.7 Å². The second-order valence-corrected chi connectivity index (χ2v) is 14.3. The molecular weight excluding hydrogens is 349 g/mol. The molecular formula is C16H34FNO4SSi. The third kappa shape index (κ3) is 6.37. The molecule has 1 aliphatic rings. The molecule has 1 rings (SSSR count). The molecule has 0 aromatic heterocycles. The average molecular weight is 384 g/mol. The Hall–Kier alpha value is -0.0231. The number of hydrogen-bond donors (Lipinski definition) is 1. The summed E-state index contributed by atoms with van der Waals surface area (Å²) in [6.45, 7) is 12.6. The van der Waals surface area contributed by atoms with Crippen molar-refractivity contribution in [1.29, 1.82) is 0 Å². The van der Waals surface area contributed by atoms with Crippen molar-refractivity contribution < 1.29 is 21.4 Å². The minimum Gasteiger partial charge on any atom is -0.412 e. The van der Waals surface area contributed by atoms with E-state index >= 15 is 0 Å². The maximum atomic E-state index is 14.8. The highest BCUT2D eigenvalue weighted by atomic mass is 32.2. The monoisotopic (exact) mass is 383 g/mol. The Balaban J connectivity index is 2.95. The quantitative estimate of drug-likeness (QED) is 0.534. The van der Waals surface area contributed by atoms with Gasteiger partial charge in [-0.1, -0.05) is 47.0 Å². The molecule has 8 heteroatoms. The molecule has 1 heterocycles. The van der Waals surface area contributed by atoms with Crippen molar-refractivity contribution in [1.82, 2.24) is 4.72 Å². The average Bonchev–Trinajstić information content (AvgIpc) is 2.56. The molecule has 5 nitrogen and oxygen atoms in total. The molecule has 0 bridgehead atoms. The largest absolute Gasteiger partial charge is 0.412 e. The van der Waals surface area contributed by atoms with Crippen molar-refractivity contribution in [2.75, 3.05) is 6.61 Å². The lowest BCUT2D eigenvalue weighted by atomic mass is 10.00. The third-order valence-electron chi connectivity index (χ3n) is 5.05. The predicted octanol–water partition coefficient (Wildman–Crippen LogP) is 3.92. The smallest absolute Gasteiger partial charge is 0.336 e. The second-order valence-electron chi connectivity index (χ2n) is 8.14. The van der Waals surface area contributed by atoms with Crippen molar-refractivity contribution in [2.24, 2.45) is 0 Å². The molecule has 3 atom stereocenters. The highest BCUT2D eigenvalue weighted by molar-refractivity contribution is 7.84. The van der Waals surface area contributed by atoms with Crippen LogP contribution in [0, 0.1) is 0 Å². The Bertz CT molecular complexity index is 493. The minimum atomic E-state index is -3.92. The second kappa shape index (κ2) is 8.57. The van der Waals surface area contributed by atoms with E-state index < -0.39 is 36.9 Å². The van der Waals surface area contributed by atoms with Gasteiger partial charge in [0.2, 0.25) is 0 Å². The normalized spacial score (nSPS) is 26.8. The van der Waals surface area contributed by atoms with E-state index in [0.717, 1.165) is 19.3 Å². The summed E-state index contributed by atoms with van der Waals surface area (Å²) >= 11 is 0. The number of unbranched alkanes of at least 4 members (excludes halogenated alkanes) is 2. The van der Waals surface area contributed by atoms with Crippen LogP contribution in [0.4, 0.5) is 4.39 Å². The summed E-state index contributed by atoms with van der Waals surface area (Å²) in [6.07, 6.45) is 1.60. The van der Waals surface area contributed by atoms with Gasteiger partial charge in [-0.2, -0.15) is 13.1 Å². The van der Waals surface area contributed by atoms with Crippen LogP contribution in [-0.2, 0) is 18.9 Å². The highest BCUT2D eigenvalue weighted by Crippen LogP contribution is 2.38. The lowest BCUT2D eigenvalue weighted by Gasteiger charge is -2.41. The third-order valence-corrected chi connectivity index (χ3v) is 10.6. The Kier molecular flexibility index (Phi) is 7.87. The van der Waals surface area contributed by atoms with Crippen molar-refractivity contribution in [2.45, 2.75) is 96.2 Å². The molecule has 0 aromatic rings. The van der Waals surface area contributed by atoms with Gasteiger partial charge in [0.15, 0.2) is 8.32 Å². The molecule has 1 aliphatic heterocycles. The molecule has 144 valence electrons. The van der Waals surface area contributed by atoms with Crippen LogP contribution in [0.5, 0.6) is 0 Å². The first-order valence-corrected chi connectivity index (χ1v) is 13.2. The van der Waals surface area contributed by atoms with Gasteiger partial charge >= 0.3 is 10.3 Å². The molecule has 0 radical (unpaired) electrons. The Morgan fingerprint density at radius 2 is 1.96 bits per heavy atom. The lowest BCUT2D eigenvalue weighted by molar-refractivity contribution is 0.0872. The van der Waals surface area contributed by atoms with Gasteiger partial charge in [0.1, 0.15) is 6.17 Å². The first-order valence-electron chi connectivity index (χ1n) is 8.88. The fourth-order valence-electron chi connectivity index (χ4n) is 2.49. The van der Waals surface area contributed by atoms with E-state index in [1.54, 1.807) is 0 Å². The van der Waals surface area contributed by atoms with Crippen LogP contribution in [0.25, 0.3) is 0 Å². The van der Waals surface area contributed by atoms with E-state index in [1.807, 2.05) is 0 Å². The van der Waals surface area contributed by atoms with E-state index in [4.69, 9.17) is 8.61 Å². The van der Waals surface area contributed by atoms with Crippen molar-refractivity contribution in [3.63, 3.8) is 0 Å². The van der Waals surface area contributed by atoms with Crippen molar-refractivity contribution in [3.05, 3.63) is 0 Å². The zero-order valence-electron chi connectivity index (χ0n) is 15.9. The number of hydrogen-bond acceptors (Lipinski definition) is 4. The molecule has 1 N–H and O–H groups in total. The zero-order chi connectivity index (χ0) is 18.6. The first kappa shape index (κ1) is 22.0. The van der Waals surface area contributed by atoms with E-state index in [-0.39, 0.29) is 11.6 Å². The van der Waals surface area contributed by atoms with Gasteiger partial charge in [-0.3, -0.25) is 4.18 Å². The summed E-state index contributed by atoms with van der Waals surface area (Å²) in [6, 6.07) is -0.886. The topological polar surface area (TPSA) is 64.6 Å². The zero-order valence-corrected chi connectivity index (χ0v) is 17.7. The molecule has 1 fully saturated rings. The van der Waals surface area contributed by atoms with Crippen molar-refractivity contribution >= 4 is 18.6 Å². The molecule has 0 spiro atoms. The Morgan fingerprint density at radius 1 is 1.33 bits per heavy atom. The summed E-state index contributed by atoms with van der Waals surface area (Å²) in [4.78, 5) is 0. The van der Waals surface area contributed by atoms with Crippen LogP contribution in [0.1, 0.15) is 59.8 Å². The Labute approximate surface area is 148 Å². The van der Waals surface area contributed by atoms with Gasteiger partial charge in [0, 0.05) is 0 Å².